The number of benzene rings is 1. The molecule has 0 unspecified atom stereocenters. The second-order valence-electron chi connectivity index (χ2n) is 3.50. The van der Waals surface area contributed by atoms with Gasteiger partial charge in [-0.2, -0.15) is 0 Å². The van der Waals surface area contributed by atoms with Crippen LogP contribution >= 0.6 is 15.9 Å². The summed E-state index contributed by atoms with van der Waals surface area (Å²) in [5, 5.41) is 2.87. The fraction of sp³-hybridized carbons (Fsp3) is 0.417. The molecule has 0 atom stereocenters. The van der Waals surface area contributed by atoms with Crippen molar-refractivity contribution in [1.29, 1.82) is 0 Å². The van der Waals surface area contributed by atoms with Gasteiger partial charge in [-0.15, -0.1) is 0 Å². The van der Waals surface area contributed by atoms with E-state index < -0.39 is 0 Å². The average Bonchev–Trinajstić information content (AvgIpc) is 2.29. The minimum absolute atomic E-state index is 0.0694. The van der Waals surface area contributed by atoms with E-state index in [1.165, 1.54) is 0 Å². The molecule has 4 heteroatoms. The number of hydrogen-bond acceptors (Lipinski definition) is 2. The van der Waals surface area contributed by atoms with Crippen molar-refractivity contribution in [3.8, 4) is 0 Å². The maximum Gasteiger partial charge on any atom is 0.220 e. The van der Waals surface area contributed by atoms with Gasteiger partial charge in [-0.3, -0.25) is 4.79 Å². The highest BCUT2D eigenvalue weighted by molar-refractivity contribution is 9.10. The number of ether oxygens (including phenoxy) is 1. The lowest BCUT2D eigenvalue weighted by Crippen LogP contribution is -2.22. The first-order chi connectivity index (χ1) is 7.72. The standard InChI is InChI=1S/C12H16BrNO2/c1-16-8-2-3-12(15)14-9-10-4-6-11(13)7-5-10/h4-7H,2-3,8-9H2,1H3,(H,14,15). The van der Waals surface area contributed by atoms with E-state index in [-0.39, 0.29) is 5.91 Å². The molecule has 0 radical (unpaired) electrons. The van der Waals surface area contributed by atoms with Crippen molar-refractivity contribution in [2.24, 2.45) is 0 Å². The van der Waals surface area contributed by atoms with Crippen molar-refractivity contribution in [2.45, 2.75) is 19.4 Å². The topological polar surface area (TPSA) is 38.3 Å². The van der Waals surface area contributed by atoms with Gasteiger partial charge >= 0.3 is 0 Å². The zero-order valence-electron chi connectivity index (χ0n) is 9.33. The van der Waals surface area contributed by atoms with Gasteiger partial charge in [0.25, 0.3) is 0 Å². The zero-order chi connectivity index (χ0) is 11.8. The summed E-state index contributed by atoms with van der Waals surface area (Å²) in [6.45, 7) is 1.21. The number of halogens is 1. The van der Waals surface area contributed by atoms with Crippen molar-refractivity contribution in [1.82, 2.24) is 5.32 Å². The number of methoxy groups -OCH3 is 1. The third-order valence-corrected chi connectivity index (χ3v) is 2.68. The third kappa shape index (κ3) is 5.28. The predicted octanol–water partition coefficient (Wildman–Crippen LogP) is 2.49. The van der Waals surface area contributed by atoms with Gasteiger partial charge in [0.2, 0.25) is 5.91 Å². The summed E-state index contributed by atoms with van der Waals surface area (Å²) >= 11 is 3.37. The molecule has 88 valence electrons. The molecule has 0 aliphatic rings. The van der Waals surface area contributed by atoms with Crippen LogP contribution in [0.25, 0.3) is 0 Å². The first-order valence-electron chi connectivity index (χ1n) is 5.22. The Kier molecular flexibility index (Phi) is 6.11. The fourth-order valence-corrected chi connectivity index (χ4v) is 1.53. The summed E-state index contributed by atoms with van der Waals surface area (Å²) < 4.78 is 5.93. The van der Waals surface area contributed by atoms with Crippen LogP contribution in [-0.4, -0.2) is 19.6 Å². The maximum atomic E-state index is 11.4. The molecule has 0 aliphatic carbocycles. The zero-order valence-corrected chi connectivity index (χ0v) is 10.9. The van der Waals surface area contributed by atoms with Crippen LogP contribution in [0.3, 0.4) is 0 Å². The van der Waals surface area contributed by atoms with Crippen LogP contribution in [0.4, 0.5) is 0 Å². The Morgan fingerprint density at radius 3 is 2.69 bits per heavy atom. The van der Waals surface area contributed by atoms with Crippen LogP contribution in [0.2, 0.25) is 0 Å². The van der Waals surface area contributed by atoms with Crippen molar-refractivity contribution < 1.29 is 9.53 Å². The summed E-state index contributed by atoms with van der Waals surface area (Å²) in [5.74, 6) is 0.0694. The van der Waals surface area contributed by atoms with Gasteiger partial charge in [-0.25, -0.2) is 0 Å². The van der Waals surface area contributed by atoms with Gasteiger partial charge in [0.1, 0.15) is 0 Å². The van der Waals surface area contributed by atoms with Gasteiger partial charge in [0.15, 0.2) is 0 Å². The van der Waals surface area contributed by atoms with Crippen LogP contribution < -0.4 is 5.32 Å². The molecule has 1 rings (SSSR count). The van der Waals surface area contributed by atoms with E-state index in [4.69, 9.17) is 4.74 Å². The van der Waals surface area contributed by atoms with Crippen molar-refractivity contribution in [3.63, 3.8) is 0 Å². The molecule has 0 fully saturated rings. The number of amides is 1. The van der Waals surface area contributed by atoms with E-state index in [1.807, 2.05) is 24.3 Å². The monoisotopic (exact) mass is 285 g/mol. The second-order valence-corrected chi connectivity index (χ2v) is 4.42. The van der Waals surface area contributed by atoms with Crippen molar-refractivity contribution in [3.05, 3.63) is 34.3 Å². The average molecular weight is 286 g/mol. The molecule has 0 spiro atoms. The van der Waals surface area contributed by atoms with E-state index in [9.17, 15) is 4.79 Å². The van der Waals surface area contributed by atoms with Gasteiger partial charge in [0, 0.05) is 31.2 Å². The quantitative estimate of drug-likeness (QED) is 0.816. The molecule has 1 aromatic carbocycles. The SMILES string of the molecule is COCCCC(=O)NCc1ccc(Br)cc1. The molecular weight excluding hydrogens is 270 g/mol. The Hall–Kier alpha value is -0.870. The number of carbonyl (C=O) groups is 1. The summed E-state index contributed by atoms with van der Waals surface area (Å²) in [4.78, 5) is 11.4. The smallest absolute Gasteiger partial charge is 0.220 e. The summed E-state index contributed by atoms with van der Waals surface area (Å²) in [7, 11) is 1.64. The van der Waals surface area contributed by atoms with Crippen LogP contribution in [0.1, 0.15) is 18.4 Å². The molecule has 0 aromatic heterocycles. The first-order valence-corrected chi connectivity index (χ1v) is 6.02. The van der Waals surface area contributed by atoms with Gasteiger partial charge in [0.05, 0.1) is 0 Å². The molecule has 3 nitrogen and oxygen atoms in total. The minimum atomic E-state index is 0.0694. The molecular formula is C12H16BrNO2. The normalized spacial score (nSPS) is 10.1. The molecule has 16 heavy (non-hydrogen) atoms. The van der Waals surface area contributed by atoms with Gasteiger partial charge in [-0.05, 0) is 24.1 Å². The van der Waals surface area contributed by atoms with Crippen LogP contribution in [-0.2, 0) is 16.1 Å². The lowest BCUT2D eigenvalue weighted by molar-refractivity contribution is -0.121. The van der Waals surface area contributed by atoms with Crippen LogP contribution in [0, 0.1) is 0 Å². The molecule has 1 N–H and O–H groups in total. The van der Waals surface area contributed by atoms with E-state index >= 15 is 0 Å². The highest BCUT2D eigenvalue weighted by Crippen LogP contribution is 2.10. The maximum absolute atomic E-state index is 11.4. The molecule has 0 saturated heterocycles. The number of nitrogens with one attached hydrogen (secondary N) is 1. The van der Waals surface area contributed by atoms with Crippen LogP contribution in [0.15, 0.2) is 28.7 Å². The summed E-state index contributed by atoms with van der Waals surface area (Å²) in [5.41, 5.74) is 1.10. The molecule has 0 bridgehead atoms. The third-order valence-electron chi connectivity index (χ3n) is 2.16. The van der Waals surface area contributed by atoms with E-state index in [0.29, 0.717) is 19.6 Å². The molecule has 1 amide bonds. The van der Waals surface area contributed by atoms with Gasteiger partial charge in [-0.1, -0.05) is 28.1 Å². The van der Waals surface area contributed by atoms with E-state index in [2.05, 4.69) is 21.2 Å². The lowest BCUT2D eigenvalue weighted by Gasteiger charge is -2.05. The van der Waals surface area contributed by atoms with Crippen LogP contribution in [0.5, 0.6) is 0 Å². The Morgan fingerprint density at radius 1 is 1.38 bits per heavy atom. The summed E-state index contributed by atoms with van der Waals surface area (Å²) in [6, 6.07) is 7.90. The fourth-order valence-electron chi connectivity index (χ4n) is 1.27. The second kappa shape index (κ2) is 7.41. The van der Waals surface area contributed by atoms with E-state index in [0.717, 1.165) is 16.5 Å². The predicted molar refractivity (Wildman–Crippen MR) is 67.1 cm³/mol. The van der Waals surface area contributed by atoms with Gasteiger partial charge < -0.3 is 10.1 Å². The number of carbonyl (C=O) groups excluding carboxylic acids is 1. The first kappa shape index (κ1) is 13.2. The Morgan fingerprint density at radius 2 is 2.06 bits per heavy atom. The molecule has 0 heterocycles. The highest BCUT2D eigenvalue weighted by atomic mass is 79.9. The summed E-state index contributed by atoms with van der Waals surface area (Å²) in [6.07, 6.45) is 1.28. The Labute approximate surface area is 104 Å². The number of hydrogen-bond donors (Lipinski definition) is 1. The Balaban J connectivity index is 2.23. The lowest BCUT2D eigenvalue weighted by atomic mass is 10.2. The molecule has 1 aromatic rings. The minimum Gasteiger partial charge on any atom is -0.385 e. The van der Waals surface area contributed by atoms with Crippen molar-refractivity contribution in [2.75, 3.05) is 13.7 Å². The highest BCUT2D eigenvalue weighted by Gasteiger charge is 2.00. The van der Waals surface area contributed by atoms with Crippen molar-refractivity contribution >= 4 is 21.8 Å². The van der Waals surface area contributed by atoms with E-state index in [1.54, 1.807) is 7.11 Å². The number of rotatable bonds is 6. The Bertz CT molecular complexity index is 324. The largest absolute Gasteiger partial charge is 0.385 e. The molecule has 0 aliphatic heterocycles. The molecule has 0 saturated carbocycles.